The molecule has 0 spiro atoms. The first kappa shape index (κ1) is 21.2. The second-order valence-corrected chi connectivity index (χ2v) is 9.63. The van der Waals surface area contributed by atoms with Gasteiger partial charge in [0.15, 0.2) is 0 Å². The van der Waals surface area contributed by atoms with Gasteiger partial charge in [-0.3, -0.25) is 14.4 Å². The van der Waals surface area contributed by atoms with E-state index in [4.69, 9.17) is 4.74 Å². The fourth-order valence-corrected chi connectivity index (χ4v) is 4.92. The van der Waals surface area contributed by atoms with Crippen LogP contribution in [0.4, 0.5) is 0 Å². The van der Waals surface area contributed by atoms with Crippen molar-refractivity contribution in [3.8, 4) is 0 Å². The number of nitrogens with zero attached hydrogens (tertiary/aromatic N) is 4. The third-order valence-corrected chi connectivity index (χ3v) is 6.77. The molecule has 1 amide bonds. The number of carbonyl (C=O) groups excluding carboxylic acids is 1. The van der Waals surface area contributed by atoms with Crippen LogP contribution in [0.1, 0.15) is 25.0 Å². The Morgan fingerprint density at radius 2 is 2.07 bits per heavy atom. The summed E-state index contributed by atoms with van der Waals surface area (Å²) in [4.78, 5) is 14.6. The molecule has 1 atom stereocenters. The fraction of sp³-hybridized carbons (Fsp3) is 0.778. The van der Waals surface area contributed by atoms with Gasteiger partial charge in [0.2, 0.25) is 15.9 Å². The molecule has 3 rings (SSSR count). The molecule has 2 aliphatic heterocycles. The number of carbonyl (C=O) groups is 1. The fourth-order valence-electron chi connectivity index (χ4n) is 4.04. The molecule has 1 aromatic heterocycles. The van der Waals surface area contributed by atoms with Crippen molar-refractivity contribution < 1.29 is 17.9 Å². The summed E-state index contributed by atoms with van der Waals surface area (Å²) in [5, 5.41) is 7.20. The van der Waals surface area contributed by atoms with Crippen molar-refractivity contribution in [3.63, 3.8) is 0 Å². The van der Waals surface area contributed by atoms with Gasteiger partial charge in [-0.15, -0.1) is 0 Å². The zero-order valence-electron chi connectivity index (χ0n) is 16.7. The molecule has 10 heteroatoms. The number of sulfonamides is 1. The summed E-state index contributed by atoms with van der Waals surface area (Å²) < 4.78 is 32.4. The number of nitrogens with one attached hydrogen (secondary N) is 1. The van der Waals surface area contributed by atoms with Crippen LogP contribution in [0.5, 0.6) is 0 Å². The maximum absolute atomic E-state index is 12.2. The van der Waals surface area contributed by atoms with Crippen LogP contribution in [-0.2, 0) is 26.1 Å². The third-order valence-electron chi connectivity index (χ3n) is 5.50. The Kier molecular flexibility index (Phi) is 7.08. The molecule has 158 valence electrons. The zero-order chi connectivity index (χ0) is 20.1. The van der Waals surface area contributed by atoms with Crippen LogP contribution in [0.25, 0.3) is 0 Å². The van der Waals surface area contributed by atoms with Crippen molar-refractivity contribution in [2.45, 2.75) is 44.8 Å². The third kappa shape index (κ3) is 5.76. The predicted octanol–water partition coefficient (Wildman–Crippen LogP) is -0.177. The SMILES string of the molecule is Cc1ccn(CC(=O)NCCN(C2CCOCC2)C2CCN(S(C)(=O)=O)C2)n1. The highest BCUT2D eigenvalue weighted by Crippen LogP contribution is 2.24. The van der Waals surface area contributed by atoms with Gasteiger partial charge in [-0.1, -0.05) is 0 Å². The maximum atomic E-state index is 12.2. The van der Waals surface area contributed by atoms with E-state index in [2.05, 4.69) is 15.3 Å². The quantitative estimate of drug-likeness (QED) is 0.635. The molecule has 1 N–H and O–H groups in total. The molecule has 0 saturated carbocycles. The Morgan fingerprint density at radius 3 is 2.68 bits per heavy atom. The normalized spacial score (nSPS) is 22.0. The van der Waals surface area contributed by atoms with Crippen LogP contribution >= 0.6 is 0 Å². The van der Waals surface area contributed by atoms with Crippen LogP contribution in [0.15, 0.2) is 12.3 Å². The summed E-state index contributed by atoms with van der Waals surface area (Å²) in [6.45, 7) is 5.88. The van der Waals surface area contributed by atoms with Gasteiger partial charge in [0, 0.05) is 57.7 Å². The van der Waals surface area contributed by atoms with Crippen molar-refractivity contribution in [2.75, 3.05) is 45.6 Å². The van der Waals surface area contributed by atoms with Gasteiger partial charge in [-0.25, -0.2) is 12.7 Å². The van der Waals surface area contributed by atoms with Crippen LogP contribution in [0.2, 0.25) is 0 Å². The van der Waals surface area contributed by atoms with E-state index < -0.39 is 10.0 Å². The average molecular weight is 414 g/mol. The predicted molar refractivity (Wildman–Crippen MR) is 105 cm³/mol. The number of rotatable bonds is 8. The van der Waals surface area contributed by atoms with E-state index >= 15 is 0 Å². The van der Waals surface area contributed by atoms with Crippen LogP contribution in [0.3, 0.4) is 0 Å². The van der Waals surface area contributed by atoms with Crippen LogP contribution < -0.4 is 5.32 Å². The Labute approximate surface area is 167 Å². The van der Waals surface area contributed by atoms with E-state index in [1.807, 2.05) is 13.0 Å². The van der Waals surface area contributed by atoms with Gasteiger partial charge in [0.05, 0.1) is 11.9 Å². The first-order valence-corrected chi connectivity index (χ1v) is 11.7. The summed E-state index contributed by atoms with van der Waals surface area (Å²) in [5.41, 5.74) is 0.884. The summed E-state index contributed by atoms with van der Waals surface area (Å²) >= 11 is 0. The first-order chi connectivity index (χ1) is 13.3. The lowest BCUT2D eigenvalue weighted by Gasteiger charge is -2.38. The first-order valence-electron chi connectivity index (χ1n) is 9.88. The molecule has 2 fully saturated rings. The Balaban J connectivity index is 1.54. The van der Waals surface area contributed by atoms with Gasteiger partial charge < -0.3 is 10.1 Å². The average Bonchev–Trinajstić information content (AvgIpc) is 3.28. The number of ether oxygens (including phenoxy) is 1. The summed E-state index contributed by atoms with van der Waals surface area (Å²) in [6, 6.07) is 2.42. The standard InChI is InChI=1S/C18H31N5O4S/c1-15-3-8-21(20-15)14-18(24)19-7-10-23(16-5-11-27-12-6-16)17-4-9-22(13-17)28(2,25)26/h3,8,16-17H,4-7,9-14H2,1-2H3,(H,19,24). The second kappa shape index (κ2) is 9.34. The molecule has 0 radical (unpaired) electrons. The highest BCUT2D eigenvalue weighted by atomic mass is 32.2. The zero-order valence-corrected chi connectivity index (χ0v) is 17.5. The summed E-state index contributed by atoms with van der Waals surface area (Å²) in [7, 11) is -3.16. The number of hydrogen-bond donors (Lipinski definition) is 1. The van der Waals surface area contributed by atoms with E-state index in [1.165, 1.54) is 6.26 Å². The van der Waals surface area contributed by atoms with Gasteiger partial charge >= 0.3 is 0 Å². The van der Waals surface area contributed by atoms with Crippen molar-refractivity contribution >= 4 is 15.9 Å². The largest absolute Gasteiger partial charge is 0.381 e. The molecule has 2 saturated heterocycles. The van der Waals surface area contributed by atoms with Crippen molar-refractivity contribution in [2.24, 2.45) is 0 Å². The number of amides is 1. The van der Waals surface area contributed by atoms with Crippen molar-refractivity contribution in [1.29, 1.82) is 0 Å². The van der Waals surface area contributed by atoms with E-state index in [9.17, 15) is 13.2 Å². The second-order valence-electron chi connectivity index (χ2n) is 7.65. The Hall–Kier alpha value is -1.49. The molecule has 9 nitrogen and oxygen atoms in total. The topological polar surface area (TPSA) is 96.8 Å². The van der Waals surface area contributed by atoms with Gasteiger partial charge in [-0.2, -0.15) is 5.10 Å². The molecule has 28 heavy (non-hydrogen) atoms. The lowest BCUT2D eigenvalue weighted by molar-refractivity contribution is -0.122. The molecule has 3 heterocycles. The molecular weight excluding hydrogens is 382 g/mol. The van der Waals surface area contributed by atoms with E-state index in [0.29, 0.717) is 32.2 Å². The Morgan fingerprint density at radius 1 is 1.32 bits per heavy atom. The van der Waals surface area contributed by atoms with E-state index in [-0.39, 0.29) is 18.5 Å². The maximum Gasteiger partial charge on any atom is 0.241 e. The molecule has 0 aromatic carbocycles. The number of hydrogen-bond acceptors (Lipinski definition) is 6. The van der Waals surface area contributed by atoms with Gasteiger partial charge in [0.1, 0.15) is 6.54 Å². The van der Waals surface area contributed by atoms with E-state index in [0.717, 1.165) is 38.2 Å². The lowest BCUT2D eigenvalue weighted by Crippen LogP contribution is -2.50. The Bertz CT molecular complexity index is 760. The van der Waals surface area contributed by atoms with Crippen LogP contribution in [0, 0.1) is 6.92 Å². The summed E-state index contributed by atoms with van der Waals surface area (Å²) in [6.07, 6.45) is 5.77. The minimum atomic E-state index is -3.16. The highest BCUT2D eigenvalue weighted by molar-refractivity contribution is 7.88. The van der Waals surface area contributed by atoms with Crippen LogP contribution in [-0.4, -0.2) is 91.0 Å². The smallest absolute Gasteiger partial charge is 0.241 e. The molecule has 0 bridgehead atoms. The minimum absolute atomic E-state index is 0.0702. The molecule has 1 aromatic rings. The number of aryl methyl sites for hydroxylation is 1. The minimum Gasteiger partial charge on any atom is -0.381 e. The monoisotopic (exact) mass is 413 g/mol. The van der Waals surface area contributed by atoms with Crippen molar-refractivity contribution in [3.05, 3.63) is 18.0 Å². The van der Waals surface area contributed by atoms with Gasteiger partial charge in [-0.05, 0) is 32.3 Å². The summed E-state index contributed by atoms with van der Waals surface area (Å²) in [5.74, 6) is -0.0702. The number of aromatic nitrogens is 2. The molecule has 2 aliphatic rings. The molecule has 0 aliphatic carbocycles. The van der Waals surface area contributed by atoms with Gasteiger partial charge in [0.25, 0.3) is 0 Å². The van der Waals surface area contributed by atoms with Crippen molar-refractivity contribution in [1.82, 2.24) is 24.3 Å². The molecular formula is C18H31N5O4S. The molecule has 1 unspecified atom stereocenters. The van der Waals surface area contributed by atoms with E-state index in [1.54, 1.807) is 15.2 Å². The highest BCUT2D eigenvalue weighted by Gasteiger charge is 2.35. The lowest BCUT2D eigenvalue weighted by atomic mass is 10.0.